The largest absolute Gasteiger partial charge is 0.346 e. The van der Waals surface area contributed by atoms with Crippen LogP contribution in [0.3, 0.4) is 0 Å². The second kappa shape index (κ2) is 16.9. The van der Waals surface area contributed by atoms with Gasteiger partial charge in [-0.1, -0.05) is 17.7 Å². The molecular formula is C41H39ClF8IN7O5S2. The molecule has 350 valence electrons. The highest BCUT2D eigenvalue weighted by Gasteiger charge is 2.67. The van der Waals surface area contributed by atoms with Gasteiger partial charge in [-0.15, -0.1) is 0 Å². The van der Waals surface area contributed by atoms with Gasteiger partial charge >= 0.3 is 0 Å². The van der Waals surface area contributed by atoms with Crippen LogP contribution in [-0.4, -0.2) is 70.0 Å². The third-order valence-corrected chi connectivity index (χ3v) is 16.9. The van der Waals surface area contributed by atoms with Crippen LogP contribution in [0.4, 0.5) is 40.9 Å². The van der Waals surface area contributed by atoms with Crippen LogP contribution in [-0.2, 0) is 56.5 Å². The Hall–Kier alpha value is -4.10. The van der Waals surface area contributed by atoms with Crippen molar-refractivity contribution in [3.05, 3.63) is 90.5 Å². The van der Waals surface area contributed by atoms with Crippen molar-refractivity contribution in [1.82, 2.24) is 29.9 Å². The van der Waals surface area contributed by atoms with Crippen LogP contribution in [0.2, 0.25) is 5.02 Å². The molecule has 2 saturated carbocycles. The second-order valence-electron chi connectivity index (χ2n) is 17.2. The zero-order valence-electron chi connectivity index (χ0n) is 34.5. The van der Waals surface area contributed by atoms with E-state index in [1.54, 1.807) is 19.9 Å². The van der Waals surface area contributed by atoms with Crippen molar-refractivity contribution < 1.29 is 56.8 Å². The Bertz CT molecular complexity index is 2960. The first-order valence-corrected chi connectivity index (χ1v) is 25.1. The van der Waals surface area contributed by atoms with Crippen molar-refractivity contribution in [2.75, 3.05) is 11.0 Å². The van der Waals surface area contributed by atoms with Crippen LogP contribution in [0.5, 0.6) is 0 Å². The molecule has 2 aromatic carbocycles. The number of hydrogen-bond donors (Lipinski definition) is 2. The number of sulfone groups is 1. The smallest absolute Gasteiger partial charge is 0.293 e. The maximum absolute atomic E-state index is 15.6. The number of carbonyl (C=O) groups excluding carboxylic acids is 1. The third-order valence-electron chi connectivity index (χ3n) is 12.0. The highest BCUT2D eigenvalue weighted by molar-refractivity contribution is 14.1. The fraction of sp³-hybridized carbons (Fsp3) is 0.463. The highest BCUT2D eigenvalue weighted by Crippen LogP contribution is 2.68. The summed E-state index contributed by atoms with van der Waals surface area (Å²) in [6.45, 7) is 1.09. The molecule has 0 spiro atoms. The van der Waals surface area contributed by atoms with E-state index in [9.17, 15) is 48.0 Å². The first kappa shape index (κ1) is 47.4. The van der Waals surface area contributed by atoms with Crippen molar-refractivity contribution in [3.63, 3.8) is 0 Å². The maximum atomic E-state index is 15.6. The molecule has 3 heterocycles. The predicted molar refractivity (Wildman–Crippen MR) is 232 cm³/mol. The number of anilines is 1. The van der Waals surface area contributed by atoms with Crippen molar-refractivity contribution in [2.45, 2.75) is 106 Å². The lowest BCUT2D eigenvalue weighted by Gasteiger charge is -2.26. The molecule has 0 saturated heterocycles. The SMILES string of the molecule is CC(C)(CCc1nc([C@H](Cc2cc(F)cc(F)c2)NC(=O)Cn2nc(C(F)F)c3c2C(F)(F)[C@@H]2C[C@H]32)c(-c2ccc(Cl)c3c(NS(C)(=O)=O)nn(CC(F)F)c23)cc1I)S(=O)(=O)C1CC1. The molecule has 2 fully saturated rings. The number of amides is 1. The van der Waals surface area contributed by atoms with E-state index in [1.807, 2.05) is 22.6 Å². The lowest BCUT2D eigenvalue weighted by atomic mass is 9.93. The fourth-order valence-corrected chi connectivity index (χ4v) is 12.2. The van der Waals surface area contributed by atoms with E-state index in [0.29, 0.717) is 27.2 Å². The molecule has 1 amide bonds. The minimum absolute atomic E-state index is 0.0226. The number of aromatic nitrogens is 5. The van der Waals surface area contributed by atoms with Gasteiger partial charge in [0.2, 0.25) is 15.9 Å². The fourth-order valence-electron chi connectivity index (χ4n) is 8.73. The van der Waals surface area contributed by atoms with Crippen LogP contribution in [0.25, 0.3) is 22.0 Å². The van der Waals surface area contributed by atoms with Crippen molar-refractivity contribution in [1.29, 1.82) is 0 Å². The van der Waals surface area contributed by atoms with E-state index in [-0.39, 0.29) is 68.8 Å². The quantitative estimate of drug-likeness (QED) is 0.0690. The zero-order valence-corrected chi connectivity index (χ0v) is 39.0. The molecule has 3 aliphatic rings. The molecule has 3 atom stereocenters. The van der Waals surface area contributed by atoms with Crippen LogP contribution in [0.1, 0.15) is 91.8 Å². The van der Waals surface area contributed by atoms with Gasteiger partial charge in [0.1, 0.15) is 36.1 Å². The topological polar surface area (TPSA) is 158 Å². The third kappa shape index (κ3) is 9.18. The molecule has 0 bridgehead atoms. The van der Waals surface area contributed by atoms with Crippen LogP contribution in [0, 0.1) is 21.1 Å². The van der Waals surface area contributed by atoms with E-state index < -0.39 is 121 Å². The number of nitrogens with zero attached hydrogens (tertiary/aromatic N) is 5. The molecule has 24 heteroatoms. The van der Waals surface area contributed by atoms with Gasteiger partial charge in [-0.3, -0.25) is 23.9 Å². The van der Waals surface area contributed by atoms with Crippen molar-refractivity contribution in [2.24, 2.45) is 5.92 Å². The van der Waals surface area contributed by atoms with Crippen LogP contribution < -0.4 is 10.0 Å². The Morgan fingerprint density at radius 1 is 0.985 bits per heavy atom. The number of aryl methyl sites for hydroxylation is 1. The predicted octanol–water partition coefficient (Wildman–Crippen LogP) is 9.00. The van der Waals surface area contributed by atoms with E-state index >= 15 is 8.78 Å². The molecule has 0 unspecified atom stereocenters. The number of halogens is 10. The number of fused-ring (bicyclic) bond motifs is 4. The summed E-state index contributed by atoms with van der Waals surface area (Å²) in [4.78, 5) is 19.1. The molecule has 8 rings (SSSR count). The summed E-state index contributed by atoms with van der Waals surface area (Å²) < 4.78 is 172. The monoisotopic (exact) mass is 1090 g/mol. The summed E-state index contributed by atoms with van der Waals surface area (Å²) in [5, 5.41) is 9.81. The average molecular weight is 1090 g/mol. The van der Waals surface area contributed by atoms with Gasteiger partial charge < -0.3 is 5.32 Å². The Balaban J connectivity index is 1.31. The number of rotatable bonds is 17. The number of nitrogens with one attached hydrogen (secondary N) is 2. The van der Waals surface area contributed by atoms with Crippen LogP contribution >= 0.6 is 34.2 Å². The molecular weight excluding hydrogens is 1050 g/mol. The normalized spacial score (nSPS) is 18.6. The molecule has 0 radical (unpaired) electrons. The van der Waals surface area contributed by atoms with Gasteiger partial charge in [0, 0.05) is 32.2 Å². The lowest BCUT2D eigenvalue weighted by Crippen LogP contribution is -2.36. The van der Waals surface area contributed by atoms with E-state index in [4.69, 9.17) is 16.6 Å². The summed E-state index contributed by atoms with van der Waals surface area (Å²) in [7, 11) is -7.66. The molecule has 12 nitrogen and oxygen atoms in total. The Morgan fingerprint density at radius 2 is 1.66 bits per heavy atom. The zero-order chi connectivity index (χ0) is 47.3. The molecule has 2 N–H and O–H groups in total. The van der Waals surface area contributed by atoms with Gasteiger partial charge in [-0.25, -0.2) is 43.2 Å². The van der Waals surface area contributed by atoms with E-state index in [1.165, 1.54) is 12.1 Å². The van der Waals surface area contributed by atoms with Crippen LogP contribution in [0.15, 0.2) is 36.4 Å². The Morgan fingerprint density at radius 3 is 2.28 bits per heavy atom. The Kier molecular flexibility index (Phi) is 12.3. The second-order valence-corrected chi connectivity index (χ2v) is 23.4. The number of alkyl halides is 6. The maximum Gasteiger partial charge on any atom is 0.293 e. The summed E-state index contributed by atoms with van der Waals surface area (Å²) in [6.07, 6.45) is -4.84. The highest BCUT2D eigenvalue weighted by atomic mass is 127. The first-order valence-electron chi connectivity index (χ1n) is 20.2. The molecule has 3 aliphatic carbocycles. The number of benzene rings is 2. The molecule has 0 aliphatic heterocycles. The number of hydrogen-bond acceptors (Lipinski definition) is 8. The van der Waals surface area contributed by atoms with Gasteiger partial charge in [0.25, 0.3) is 18.8 Å². The first-order chi connectivity index (χ1) is 30.3. The average Bonchev–Trinajstić information content (AvgIpc) is 4.10. The van der Waals surface area contributed by atoms with Gasteiger partial charge in [-0.2, -0.15) is 19.0 Å². The van der Waals surface area contributed by atoms with E-state index in [0.717, 1.165) is 23.1 Å². The Labute approximate surface area is 386 Å². The summed E-state index contributed by atoms with van der Waals surface area (Å²) in [5.74, 6) is -9.15. The minimum Gasteiger partial charge on any atom is -0.346 e. The van der Waals surface area contributed by atoms with Gasteiger partial charge in [0.05, 0.1) is 49.6 Å². The molecule has 5 aromatic rings. The number of sulfonamides is 1. The van der Waals surface area contributed by atoms with E-state index in [2.05, 4.69) is 20.2 Å². The molecule has 3 aromatic heterocycles. The summed E-state index contributed by atoms with van der Waals surface area (Å²) in [6, 6.07) is 5.31. The number of pyridine rings is 1. The van der Waals surface area contributed by atoms with Gasteiger partial charge in [0.15, 0.2) is 15.7 Å². The summed E-state index contributed by atoms with van der Waals surface area (Å²) >= 11 is 8.54. The van der Waals surface area contributed by atoms with Gasteiger partial charge in [-0.05, 0) is 111 Å². The number of carbonyl (C=O) groups is 1. The van der Waals surface area contributed by atoms with Crippen molar-refractivity contribution >= 4 is 76.7 Å². The standard InChI is InChI=1S/C41H39ClF8IN7O5S2/c1-40(2,65(62,63)21-4-5-21)9-8-28-27(51)15-23(22-6-7-26(42)33-36(22)57(16-30(45)46)55-39(33)56-64(3,60)61)34(53-28)29(12-18-10-19(43)13-20(44)11-18)52-31(59)17-58-37-32(35(54-58)38(47)48)24-14-25(24)41(37,49)50/h6-7,10-11,13,15,21,24-25,29-30,38H,4-5,8-9,12,14,16-17H2,1-3H3,(H,52,59)(H,55,56)/t24-,25+,29-/m0/s1. The summed E-state index contributed by atoms with van der Waals surface area (Å²) in [5.41, 5.74) is -1.88. The molecule has 65 heavy (non-hydrogen) atoms. The lowest BCUT2D eigenvalue weighted by molar-refractivity contribution is -0.123. The minimum atomic E-state index is -4.07. The van der Waals surface area contributed by atoms with Crippen molar-refractivity contribution in [3.8, 4) is 11.1 Å².